The molecule has 0 bridgehead atoms. The monoisotopic (exact) mass is 458 g/mol. The number of nitrogens with zero attached hydrogens (tertiary/aromatic N) is 3. The van der Waals surface area contributed by atoms with E-state index < -0.39 is 5.54 Å². The minimum absolute atomic E-state index is 0.142. The van der Waals surface area contributed by atoms with Gasteiger partial charge in [0.2, 0.25) is 5.91 Å². The Bertz CT molecular complexity index is 1330. The van der Waals surface area contributed by atoms with Crippen LogP contribution in [0.4, 0.5) is 4.39 Å². The van der Waals surface area contributed by atoms with E-state index in [0.717, 1.165) is 5.56 Å². The molecule has 0 saturated carbocycles. The molecule has 2 amide bonds. The Kier molecular flexibility index (Phi) is 5.49. The summed E-state index contributed by atoms with van der Waals surface area (Å²) < 4.78 is 20.6. The van der Waals surface area contributed by atoms with Crippen LogP contribution in [0, 0.1) is 5.82 Å². The molecule has 2 aromatic carbocycles. The molecule has 4 aromatic rings. The zero-order valence-corrected chi connectivity index (χ0v) is 18.6. The number of carbonyl (C=O) groups is 2. The second kappa shape index (κ2) is 8.62. The Hall–Kier alpha value is -4.20. The Balaban J connectivity index is 1.48. The number of benzene rings is 2. The van der Waals surface area contributed by atoms with Gasteiger partial charge in [0.15, 0.2) is 5.76 Å². The molecule has 2 aromatic heterocycles. The van der Waals surface area contributed by atoms with Crippen molar-refractivity contribution in [3.8, 4) is 11.5 Å². The van der Waals surface area contributed by atoms with Crippen LogP contribution in [0.15, 0.2) is 83.5 Å². The van der Waals surface area contributed by atoms with E-state index in [1.54, 1.807) is 53.1 Å². The first kappa shape index (κ1) is 21.6. The zero-order valence-electron chi connectivity index (χ0n) is 18.6. The highest BCUT2D eigenvalue weighted by atomic mass is 19.1. The third-order valence-electron chi connectivity index (χ3n) is 6.09. The first-order valence-electron chi connectivity index (χ1n) is 10.9. The van der Waals surface area contributed by atoms with Gasteiger partial charge in [-0.05, 0) is 42.3 Å². The van der Waals surface area contributed by atoms with Gasteiger partial charge in [0, 0.05) is 19.2 Å². The highest BCUT2D eigenvalue weighted by molar-refractivity contribution is 6.00. The zero-order chi connectivity index (χ0) is 23.7. The first-order chi connectivity index (χ1) is 16.4. The van der Waals surface area contributed by atoms with Crippen LogP contribution in [-0.4, -0.2) is 32.0 Å². The lowest BCUT2D eigenvalue weighted by atomic mass is 9.94. The van der Waals surface area contributed by atoms with Crippen LogP contribution in [0.1, 0.15) is 28.5 Å². The standard InChI is InChI=1S/C26H23FN4O3/c1-26(25(33)28-15-19-9-5-10-20(27)13-19)17-31-22(14-21(29-31)23-11-6-12-34-23)24(32)30(26)16-18-7-3-2-4-8-18/h2-14H,15-17H2,1H3,(H,28,33). The second-order valence-electron chi connectivity index (χ2n) is 8.51. The van der Waals surface area contributed by atoms with Gasteiger partial charge in [-0.25, -0.2) is 4.39 Å². The van der Waals surface area contributed by atoms with Crippen molar-refractivity contribution < 1.29 is 18.4 Å². The van der Waals surface area contributed by atoms with E-state index in [4.69, 9.17) is 4.42 Å². The highest BCUT2D eigenvalue weighted by Crippen LogP contribution is 2.31. The van der Waals surface area contributed by atoms with Crippen LogP contribution in [0.25, 0.3) is 11.5 Å². The van der Waals surface area contributed by atoms with E-state index >= 15 is 0 Å². The van der Waals surface area contributed by atoms with Gasteiger partial charge < -0.3 is 14.6 Å². The van der Waals surface area contributed by atoms with E-state index in [1.165, 1.54) is 12.1 Å². The fourth-order valence-corrected chi connectivity index (χ4v) is 4.22. The molecule has 1 atom stereocenters. The molecular formula is C26H23FN4O3. The van der Waals surface area contributed by atoms with E-state index in [2.05, 4.69) is 10.4 Å². The third-order valence-corrected chi connectivity index (χ3v) is 6.09. The van der Waals surface area contributed by atoms with E-state index in [1.807, 2.05) is 30.3 Å². The Morgan fingerprint density at radius 3 is 2.62 bits per heavy atom. The number of carbonyl (C=O) groups excluding carboxylic acids is 2. The summed E-state index contributed by atoms with van der Waals surface area (Å²) in [6.45, 7) is 2.29. The van der Waals surface area contributed by atoms with Crippen molar-refractivity contribution >= 4 is 11.8 Å². The maximum Gasteiger partial charge on any atom is 0.273 e. The maximum absolute atomic E-state index is 13.6. The lowest BCUT2D eigenvalue weighted by molar-refractivity contribution is -0.133. The maximum atomic E-state index is 13.6. The predicted molar refractivity (Wildman–Crippen MR) is 123 cm³/mol. The van der Waals surface area contributed by atoms with Gasteiger partial charge in [0.25, 0.3) is 5.91 Å². The Morgan fingerprint density at radius 2 is 1.88 bits per heavy atom. The van der Waals surface area contributed by atoms with Gasteiger partial charge in [-0.1, -0.05) is 42.5 Å². The van der Waals surface area contributed by atoms with Gasteiger partial charge >= 0.3 is 0 Å². The first-order valence-corrected chi connectivity index (χ1v) is 10.9. The van der Waals surface area contributed by atoms with E-state index in [-0.39, 0.29) is 37.3 Å². The van der Waals surface area contributed by atoms with Crippen molar-refractivity contribution in [2.75, 3.05) is 0 Å². The molecule has 172 valence electrons. The number of fused-ring (bicyclic) bond motifs is 1. The summed E-state index contributed by atoms with van der Waals surface area (Å²) in [5.74, 6) is -0.477. The molecule has 0 spiro atoms. The summed E-state index contributed by atoms with van der Waals surface area (Å²) in [7, 11) is 0. The summed E-state index contributed by atoms with van der Waals surface area (Å²) >= 11 is 0. The van der Waals surface area contributed by atoms with Gasteiger partial charge in [-0.2, -0.15) is 5.10 Å². The molecule has 8 heteroatoms. The predicted octanol–water partition coefficient (Wildman–Crippen LogP) is 4.01. The molecule has 1 aliphatic heterocycles. The number of amides is 2. The highest BCUT2D eigenvalue weighted by Gasteiger charge is 2.48. The summed E-state index contributed by atoms with van der Waals surface area (Å²) in [6, 6.07) is 20.8. The quantitative estimate of drug-likeness (QED) is 0.473. The van der Waals surface area contributed by atoms with Crippen molar-refractivity contribution in [2.24, 2.45) is 0 Å². The molecule has 0 saturated heterocycles. The molecule has 0 radical (unpaired) electrons. The number of halogens is 1. The summed E-state index contributed by atoms with van der Waals surface area (Å²) in [5, 5.41) is 7.42. The molecule has 0 fully saturated rings. The molecule has 0 aliphatic carbocycles. The fourth-order valence-electron chi connectivity index (χ4n) is 4.22. The van der Waals surface area contributed by atoms with Gasteiger partial charge in [0.05, 0.1) is 12.8 Å². The second-order valence-corrected chi connectivity index (χ2v) is 8.51. The average Bonchev–Trinajstić information content (AvgIpc) is 3.51. The van der Waals surface area contributed by atoms with Crippen molar-refractivity contribution in [2.45, 2.75) is 32.1 Å². The molecule has 3 heterocycles. The summed E-state index contributed by atoms with van der Waals surface area (Å²) in [4.78, 5) is 28.7. The number of hydrogen-bond donors (Lipinski definition) is 1. The van der Waals surface area contributed by atoms with Crippen LogP contribution in [-0.2, 0) is 24.4 Å². The van der Waals surface area contributed by atoms with E-state index in [0.29, 0.717) is 22.7 Å². The minimum Gasteiger partial charge on any atom is -0.463 e. The average molecular weight is 458 g/mol. The third kappa shape index (κ3) is 3.98. The Morgan fingerprint density at radius 1 is 1.09 bits per heavy atom. The van der Waals surface area contributed by atoms with Gasteiger partial charge in [-0.15, -0.1) is 0 Å². The van der Waals surface area contributed by atoms with Crippen molar-refractivity contribution in [3.63, 3.8) is 0 Å². The Labute approximate surface area is 195 Å². The molecular weight excluding hydrogens is 435 g/mol. The fraction of sp³-hybridized carbons (Fsp3) is 0.192. The van der Waals surface area contributed by atoms with E-state index in [9.17, 15) is 14.0 Å². The van der Waals surface area contributed by atoms with Crippen LogP contribution < -0.4 is 5.32 Å². The molecule has 1 aliphatic rings. The molecule has 7 nitrogen and oxygen atoms in total. The molecule has 1 N–H and O–H groups in total. The largest absolute Gasteiger partial charge is 0.463 e. The van der Waals surface area contributed by atoms with Crippen molar-refractivity contribution in [1.29, 1.82) is 0 Å². The van der Waals surface area contributed by atoms with Crippen molar-refractivity contribution in [3.05, 3.63) is 102 Å². The van der Waals surface area contributed by atoms with Crippen LogP contribution >= 0.6 is 0 Å². The SMILES string of the molecule is CC1(C(=O)NCc2cccc(F)c2)Cn2nc(-c3ccco3)cc2C(=O)N1Cc1ccccc1. The molecule has 1 unspecified atom stereocenters. The van der Waals surface area contributed by atoms with Gasteiger partial charge in [-0.3, -0.25) is 14.3 Å². The lowest BCUT2D eigenvalue weighted by Crippen LogP contribution is -2.63. The van der Waals surface area contributed by atoms with Gasteiger partial charge in [0.1, 0.15) is 22.7 Å². The van der Waals surface area contributed by atoms with Crippen LogP contribution in [0.3, 0.4) is 0 Å². The normalized spacial score (nSPS) is 17.5. The number of furan rings is 1. The lowest BCUT2D eigenvalue weighted by Gasteiger charge is -2.43. The van der Waals surface area contributed by atoms with Crippen molar-refractivity contribution in [1.82, 2.24) is 20.0 Å². The summed E-state index contributed by atoms with van der Waals surface area (Å²) in [5.41, 5.74) is 1.22. The number of nitrogens with one attached hydrogen (secondary N) is 1. The molecule has 34 heavy (non-hydrogen) atoms. The topological polar surface area (TPSA) is 80.4 Å². The number of hydrogen-bond acceptors (Lipinski definition) is 4. The molecule has 5 rings (SSSR count). The smallest absolute Gasteiger partial charge is 0.273 e. The number of rotatable bonds is 6. The van der Waals surface area contributed by atoms with Crippen LogP contribution in [0.2, 0.25) is 0 Å². The number of aromatic nitrogens is 2. The van der Waals surface area contributed by atoms with Crippen LogP contribution in [0.5, 0.6) is 0 Å². The minimum atomic E-state index is -1.22. The summed E-state index contributed by atoms with van der Waals surface area (Å²) in [6.07, 6.45) is 1.54.